The summed E-state index contributed by atoms with van der Waals surface area (Å²) >= 11 is 6.19. The molecule has 4 rings (SSSR count). The van der Waals surface area contributed by atoms with E-state index in [1.165, 1.54) is 29.0 Å². The second-order valence-electron chi connectivity index (χ2n) is 7.53. The zero-order chi connectivity index (χ0) is 24.2. The Morgan fingerprint density at radius 1 is 0.912 bits per heavy atom. The van der Waals surface area contributed by atoms with E-state index < -0.39 is 35.6 Å². The van der Waals surface area contributed by atoms with Crippen molar-refractivity contribution in [3.05, 3.63) is 128 Å². The first-order valence-corrected chi connectivity index (χ1v) is 10.8. The molecule has 34 heavy (non-hydrogen) atoms. The number of ether oxygens (including phenoxy) is 1. The van der Waals surface area contributed by atoms with E-state index in [9.17, 15) is 18.8 Å². The van der Waals surface area contributed by atoms with Crippen molar-refractivity contribution in [1.82, 2.24) is 9.13 Å². The summed E-state index contributed by atoms with van der Waals surface area (Å²) in [6.07, 6.45) is 1.36. The highest BCUT2D eigenvalue weighted by Gasteiger charge is 2.24. The molecule has 0 aliphatic heterocycles. The van der Waals surface area contributed by atoms with Gasteiger partial charge < -0.3 is 4.74 Å². The second kappa shape index (κ2) is 9.89. The molecule has 0 unspecified atom stereocenters. The summed E-state index contributed by atoms with van der Waals surface area (Å²) in [7, 11) is 1.16. The van der Waals surface area contributed by atoms with Gasteiger partial charge in [0.2, 0.25) is 0 Å². The number of esters is 1. The molecule has 3 aromatic carbocycles. The van der Waals surface area contributed by atoms with Crippen LogP contribution < -0.4 is 11.2 Å². The van der Waals surface area contributed by atoms with E-state index in [0.717, 1.165) is 22.8 Å². The molecule has 0 saturated carbocycles. The minimum atomic E-state index is -0.779. The molecular formula is C26H20ClFN2O4. The Kier molecular flexibility index (Phi) is 6.75. The fraction of sp³-hybridized carbons (Fsp3) is 0.115. The van der Waals surface area contributed by atoms with Crippen LogP contribution in [-0.4, -0.2) is 22.2 Å². The van der Waals surface area contributed by atoms with Crippen LogP contribution in [0.15, 0.2) is 94.6 Å². The van der Waals surface area contributed by atoms with Gasteiger partial charge in [0.25, 0.3) is 5.56 Å². The second-order valence-corrected chi connectivity index (χ2v) is 7.90. The van der Waals surface area contributed by atoms with Gasteiger partial charge in [0.05, 0.1) is 23.7 Å². The number of aromatic nitrogens is 2. The molecule has 0 N–H and O–H groups in total. The zero-order valence-electron chi connectivity index (χ0n) is 18.2. The van der Waals surface area contributed by atoms with Crippen LogP contribution in [0.5, 0.6) is 0 Å². The van der Waals surface area contributed by atoms with E-state index in [4.69, 9.17) is 11.6 Å². The lowest BCUT2D eigenvalue weighted by Gasteiger charge is -2.23. The molecule has 172 valence electrons. The fourth-order valence-corrected chi connectivity index (χ4v) is 4.05. The average molecular weight is 479 g/mol. The molecule has 1 heterocycles. The molecule has 1 aromatic heterocycles. The maximum Gasteiger partial charge on any atom is 0.332 e. The number of methoxy groups -OCH3 is 1. The topological polar surface area (TPSA) is 70.3 Å². The third-order valence-electron chi connectivity index (χ3n) is 5.46. The van der Waals surface area contributed by atoms with Gasteiger partial charge in [-0.3, -0.25) is 14.2 Å². The Bertz CT molecular complexity index is 1410. The van der Waals surface area contributed by atoms with Crippen molar-refractivity contribution in [3.63, 3.8) is 0 Å². The normalized spacial score (nSPS) is 10.9. The van der Waals surface area contributed by atoms with E-state index in [0.29, 0.717) is 0 Å². The van der Waals surface area contributed by atoms with Crippen molar-refractivity contribution in [3.8, 4) is 11.1 Å². The minimum Gasteiger partial charge on any atom is -0.468 e. The van der Waals surface area contributed by atoms with Gasteiger partial charge in [-0.1, -0.05) is 84.4 Å². The summed E-state index contributed by atoms with van der Waals surface area (Å²) in [6.45, 7) is -0.606. The lowest BCUT2D eigenvalue weighted by atomic mass is 9.98. The van der Waals surface area contributed by atoms with Crippen LogP contribution in [0.25, 0.3) is 11.1 Å². The average Bonchev–Trinajstić information content (AvgIpc) is 2.86. The van der Waals surface area contributed by atoms with Crippen molar-refractivity contribution in [1.29, 1.82) is 0 Å². The predicted octanol–water partition coefficient (Wildman–Crippen LogP) is 4.28. The highest BCUT2D eigenvalue weighted by Crippen LogP contribution is 2.30. The Morgan fingerprint density at radius 3 is 2.06 bits per heavy atom. The van der Waals surface area contributed by atoms with Crippen molar-refractivity contribution in [2.24, 2.45) is 0 Å². The number of carbonyl (C=O) groups is 1. The molecule has 0 radical (unpaired) electrons. The van der Waals surface area contributed by atoms with Crippen molar-refractivity contribution >= 4 is 17.6 Å². The lowest BCUT2D eigenvalue weighted by Crippen LogP contribution is -2.43. The van der Waals surface area contributed by atoms with Crippen LogP contribution in [0, 0.1) is 5.82 Å². The number of rotatable bonds is 6. The SMILES string of the molecule is COC(=O)Cn1c(=O)c(-c2cccc(F)c2Cl)cn(C(c2ccccc2)c2ccccc2)c1=O. The standard InChI is InChI=1S/C26H20ClFN2O4/c1-34-22(31)16-30-25(32)20(19-13-8-14-21(28)23(19)27)15-29(26(30)33)24(17-9-4-2-5-10-17)18-11-6-3-7-12-18/h2-15,24H,16H2,1H3. The number of nitrogens with zero attached hydrogens (tertiary/aromatic N) is 2. The number of hydrogen-bond acceptors (Lipinski definition) is 4. The van der Waals surface area contributed by atoms with Crippen LogP contribution in [0.4, 0.5) is 4.39 Å². The Balaban J connectivity index is 2.07. The van der Waals surface area contributed by atoms with Crippen molar-refractivity contribution in [2.45, 2.75) is 12.6 Å². The first-order chi connectivity index (χ1) is 16.4. The van der Waals surface area contributed by atoms with E-state index >= 15 is 0 Å². The number of benzene rings is 3. The first kappa shape index (κ1) is 23.2. The van der Waals surface area contributed by atoms with Gasteiger partial charge in [-0.05, 0) is 17.2 Å². The summed E-state index contributed by atoms with van der Waals surface area (Å²) < 4.78 is 21.1. The first-order valence-electron chi connectivity index (χ1n) is 10.4. The Hall–Kier alpha value is -3.97. The Morgan fingerprint density at radius 2 is 1.50 bits per heavy atom. The van der Waals surface area contributed by atoms with Crippen LogP contribution in [0.3, 0.4) is 0 Å². The summed E-state index contributed by atoms with van der Waals surface area (Å²) in [6, 6.07) is 21.9. The Labute approximate surface area is 199 Å². The van der Waals surface area contributed by atoms with Crippen molar-refractivity contribution in [2.75, 3.05) is 7.11 Å². The van der Waals surface area contributed by atoms with Gasteiger partial charge in [0.1, 0.15) is 12.4 Å². The van der Waals surface area contributed by atoms with E-state index in [2.05, 4.69) is 4.74 Å². The zero-order valence-corrected chi connectivity index (χ0v) is 18.9. The molecule has 0 fully saturated rings. The maximum atomic E-state index is 14.2. The molecule has 6 nitrogen and oxygen atoms in total. The van der Waals surface area contributed by atoms with Gasteiger partial charge in [-0.15, -0.1) is 0 Å². The molecular weight excluding hydrogens is 459 g/mol. The van der Waals surface area contributed by atoms with Crippen LogP contribution >= 0.6 is 11.6 Å². The lowest BCUT2D eigenvalue weighted by molar-refractivity contribution is -0.141. The highest BCUT2D eigenvalue weighted by molar-refractivity contribution is 6.33. The smallest absolute Gasteiger partial charge is 0.332 e. The number of hydrogen-bond donors (Lipinski definition) is 0. The molecule has 0 saturated heterocycles. The number of halogens is 2. The fourth-order valence-electron chi connectivity index (χ4n) is 3.82. The van der Waals surface area contributed by atoms with Crippen LogP contribution in [0.1, 0.15) is 17.2 Å². The monoisotopic (exact) mass is 478 g/mol. The molecule has 0 spiro atoms. The third-order valence-corrected chi connectivity index (χ3v) is 5.85. The molecule has 0 aliphatic carbocycles. The van der Waals surface area contributed by atoms with Gasteiger partial charge >= 0.3 is 11.7 Å². The quantitative estimate of drug-likeness (QED) is 0.388. The summed E-state index contributed by atoms with van der Waals surface area (Å²) in [5, 5.41) is -0.259. The van der Waals surface area contributed by atoms with Crippen LogP contribution in [0.2, 0.25) is 5.02 Å². The molecule has 0 aliphatic rings. The van der Waals surface area contributed by atoms with Crippen molar-refractivity contribution < 1.29 is 13.9 Å². The summed E-state index contributed by atoms with van der Waals surface area (Å²) in [5.74, 6) is -1.48. The molecule has 0 bridgehead atoms. The largest absolute Gasteiger partial charge is 0.468 e. The maximum absolute atomic E-state index is 14.2. The van der Waals surface area contributed by atoms with Gasteiger partial charge in [-0.25, -0.2) is 13.8 Å². The van der Waals surface area contributed by atoms with E-state index in [1.54, 1.807) is 0 Å². The summed E-state index contributed by atoms with van der Waals surface area (Å²) in [5.41, 5.74) is 0.137. The van der Waals surface area contributed by atoms with Gasteiger partial charge in [0.15, 0.2) is 0 Å². The number of carbonyl (C=O) groups excluding carboxylic acids is 1. The van der Waals surface area contributed by atoms with Gasteiger partial charge in [0, 0.05) is 11.8 Å². The third kappa shape index (κ3) is 4.43. The minimum absolute atomic E-state index is 0.0233. The molecule has 8 heteroatoms. The van der Waals surface area contributed by atoms with E-state index in [1.807, 2.05) is 60.7 Å². The molecule has 4 aromatic rings. The molecule has 0 atom stereocenters. The van der Waals surface area contributed by atoms with Gasteiger partial charge in [-0.2, -0.15) is 0 Å². The highest BCUT2D eigenvalue weighted by atomic mass is 35.5. The van der Waals surface area contributed by atoms with Crippen LogP contribution in [-0.2, 0) is 16.1 Å². The molecule has 0 amide bonds. The van der Waals surface area contributed by atoms with E-state index in [-0.39, 0.29) is 16.1 Å². The predicted molar refractivity (Wildman–Crippen MR) is 128 cm³/mol. The summed E-state index contributed by atoms with van der Waals surface area (Å²) in [4.78, 5) is 38.9.